The third-order valence-corrected chi connectivity index (χ3v) is 8.11. The molecule has 6 rings (SSSR count). The van der Waals surface area contributed by atoms with Crippen LogP contribution in [0.25, 0.3) is 0 Å². The number of fused-ring (bicyclic) bond motifs is 2. The second-order valence-electron chi connectivity index (χ2n) is 11.5. The average Bonchev–Trinajstić information content (AvgIpc) is 3.06. The van der Waals surface area contributed by atoms with Crippen molar-refractivity contribution < 1.29 is 50.2 Å². The highest BCUT2D eigenvalue weighted by Gasteiger charge is 2.43. The van der Waals surface area contributed by atoms with Gasteiger partial charge in [-0.2, -0.15) is 30.7 Å². The Bertz CT molecular complexity index is 1880. The number of carbonyl (C=O) groups is 3. The maximum absolute atomic E-state index is 14.4. The molecule has 0 bridgehead atoms. The van der Waals surface area contributed by atoms with E-state index in [1.165, 1.54) is 37.4 Å². The molecule has 4 heterocycles. The van der Waals surface area contributed by atoms with Crippen molar-refractivity contribution in [2.75, 3.05) is 38.1 Å². The number of piperazine rings is 1. The fourth-order valence-corrected chi connectivity index (χ4v) is 5.62. The van der Waals surface area contributed by atoms with Crippen molar-refractivity contribution in [2.24, 2.45) is 9.98 Å². The lowest BCUT2D eigenvalue weighted by atomic mass is 9.98. The number of nitrogens with one attached hydrogen (secondary N) is 1. The Labute approximate surface area is 280 Å². The summed E-state index contributed by atoms with van der Waals surface area (Å²) in [4.78, 5) is 49.3. The van der Waals surface area contributed by atoms with Gasteiger partial charge in [-0.25, -0.2) is 15.0 Å². The summed E-state index contributed by atoms with van der Waals surface area (Å²) >= 11 is 0. The lowest BCUT2D eigenvalue weighted by molar-refractivity contribution is -0.118. The maximum Gasteiger partial charge on any atom is 0.436 e. The van der Waals surface area contributed by atoms with Crippen molar-refractivity contribution in [3.63, 3.8) is 0 Å². The van der Waals surface area contributed by atoms with E-state index in [2.05, 4.69) is 25.2 Å². The zero-order valence-corrected chi connectivity index (χ0v) is 26.3. The minimum Gasteiger partial charge on any atom is -0.392 e. The first kappa shape index (κ1) is 36.3. The van der Waals surface area contributed by atoms with Crippen LogP contribution in [-0.4, -0.2) is 89.5 Å². The summed E-state index contributed by atoms with van der Waals surface area (Å²) in [6.07, 6.45) is -10.1. The Morgan fingerprint density at radius 1 is 0.800 bits per heavy atom. The molecule has 1 amide bonds. The molecule has 0 spiro atoms. The molecule has 0 radical (unpaired) electrons. The molecule has 1 fully saturated rings. The van der Waals surface area contributed by atoms with Crippen LogP contribution in [0, 0.1) is 5.95 Å². The number of alkyl halides is 6. The third-order valence-electron chi connectivity index (χ3n) is 8.11. The first-order valence-electron chi connectivity index (χ1n) is 15.2. The molecule has 3 aliphatic heterocycles. The smallest absolute Gasteiger partial charge is 0.392 e. The van der Waals surface area contributed by atoms with Gasteiger partial charge in [-0.1, -0.05) is 24.3 Å². The summed E-state index contributed by atoms with van der Waals surface area (Å²) in [7, 11) is 1.45. The Hall–Kier alpha value is -5.03. The quantitative estimate of drug-likeness (QED) is 0.294. The average molecular weight is 707 g/mol. The van der Waals surface area contributed by atoms with Crippen LogP contribution in [0.5, 0.6) is 0 Å². The zero-order chi connectivity index (χ0) is 36.4. The number of aromatic nitrogens is 1. The molecule has 0 saturated carbocycles. The minimum absolute atomic E-state index is 0.00923. The number of aliphatic imine (C=N–C) groups is 2. The van der Waals surface area contributed by atoms with Crippen molar-refractivity contribution in [3.05, 3.63) is 82.4 Å². The second kappa shape index (κ2) is 14.4. The van der Waals surface area contributed by atoms with Gasteiger partial charge < -0.3 is 15.3 Å². The van der Waals surface area contributed by atoms with Gasteiger partial charge in [-0.05, 0) is 46.5 Å². The molecule has 10 nitrogen and oxygen atoms in total. The number of aliphatic hydroxyl groups excluding tert-OH is 1. The standard InChI is InChI=1S/C22H21F4N5O2.C11H8F3NO2/c1-27-21(33)16-4-5-17(20(23)29-16)31-8-6-30(7-9-31)12-13-2-3-15-14(10-13)11-18(32)19(28-15)22(24,25)26;12-11(13,14)10-9(17)4-7-3-6(5-16)1-2-8(7)15-10/h2-5,10H,6-9,11-12H2,1H3,(H,27,33);1-3,16H,4-5H2. The lowest BCUT2D eigenvalue weighted by Crippen LogP contribution is -2.46. The molecule has 1 saturated heterocycles. The molecule has 2 aromatic carbocycles. The van der Waals surface area contributed by atoms with Gasteiger partial charge in [-0.3, -0.25) is 19.3 Å². The Morgan fingerprint density at radius 3 is 1.80 bits per heavy atom. The van der Waals surface area contributed by atoms with Crippen molar-refractivity contribution in [1.82, 2.24) is 15.2 Å². The van der Waals surface area contributed by atoms with Crippen LogP contribution < -0.4 is 10.2 Å². The number of hydrogen-bond donors (Lipinski definition) is 2. The van der Waals surface area contributed by atoms with Gasteiger partial charge in [0.05, 0.1) is 23.7 Å². The number of halogens is 7. The van der Waals surface area contributed by atoms with E-state index in [1.54, 1.807) is 18.2 Å². The van der Waals surface area contributed by atoms with Crippen LogP contribution >= 0.6 is 0 Å². The zero-order valence-electron chi connectivity index (χ0n) is 26.3. The highest BCUT2D eigenvalue weighted by atomic mass is 19.4. The molecule has 1 aromatic heterocycles. The van der Waals surface area contributed by atoms with E-state index < -0.39 is 47.2 Å². The Morgan fingerprint density at radius 2 is 1.32 bits per heavy atom. The topological polar surface area (TPSA) is 128 Å². The van der Waals surface area contributed by atoms with E-state index >= 15 is 0 Å². The molecule has 3 aromatic rings. The summed E-state index contributed by atoms with van der Waals surface area (Å²) < 4.78 is 90.5. The van der Waals surface area contributed by atoms with Crippen LogP contribution in [-0.2, 0) is 35.6 Å². The number of aliphatic hydroxyl groups is 1. The fourth-order valence-electron chi connectivity index (χ4n) is 5.62. The first-order valence-corrected chi connectivity index (χ1v) is 15.2. The number of rotatable bonds is 5. The summed E-state index contributed by atoms with van der Waals surface area (Å²) in [5.74, 6) is -3.24. The van der Waals surface area contributed by atoms with Gasteiger partial charge in [0.15, 0.2) is 23.0 Å². The second-order valence-corrected chi connectivity index (χ2v) is 11.5. The van der Waals surface area contributed by atoms with Crippen molar-refractivity contribution >= 4 is 46.0 Å². The molecule has 3 aliphatic rings. The van der Waals surface area contributed by atoms with E-state index in [9.17, 15) is 45.1 Å². The fraction of sp³-hybridized carbons (Fsp3) is 0.333. The molecule has 17 heteroatoms. The Balaban J connectivity index is 0.000000240. The van der Waals surface area contributed by atoms with Crippen molar-refractivity contribution in [2.45, 2.75) is 38.3 Å². The number of ketones is 2. The SMILES string of the molecule is CNC(=O)c1ccc(N2CCN(Cc3ccc4c(c3)CC(=O)C(C(F)(F)F)=N4)CC2)c(F)n1.O=C1Cc2cc(CO)ccc2N=C1C(F)(F)F. The molecule has 264 valence electrons. The van der Waals surface area contributed by atoms with Gasteiger partial charge in [0.1, 0.15) is 5.69 Å². The van der Waals surface area contributed by atoms with Crippen molar-refractivity contribution in [3.8, 4) is 0 Å². The number of benzene rings is 2. The number of carbonyl (C=O) groups excluding carboxylic acids is 3. The van der Waals surface area contributed by atoms with Crippen LogP contribution in [0.1, 0.15) is 32.7 Å². The molecule has 0 atom stereocenters. The molecular weight excluding hydrogens is 677 g/mol. The summed E-state index contributed by atoms with van der Waals surface area (Å²) in [6, 6.07) is 12.3. The minimum atomic E-state index is -4.76. The lowest BCUT2D eigenvalue weighted by Gasteiger charge is -2.36. The highest BCUT2D eigenvalue weighted by molar-refractivity contribution is 6.44. The Kier molecular flexibility index (Phi) is 10.5. The number of nitrogens with zero attached hydrogens (tertiary/aromatic N) is 5. The van der Waals surface area contributed by atoms with Crippen LogP contribution in [0.4, 0.5) is 47.8 Å². The molecule has 2 N–H and O–H groups in total. The predicted molar refractivity (Wildman–Crippen MR) is 168 cm³/mol. The maximum atomic E-state index is 14.4. The largest absolute Gasteiger partial charge is 0.436 e. The van der Waals surface area contributed by atoms with Crippen molar-refractivity contribution in [1.29, 1.82) is 0 Å². The van der Waals surface area contributed by atoms with Crippen LogP contribution in [0.2, 0.25) is 0 Å². The normalized spacial score (nSPS) is 16.5. The van der Waals surface area contributed by atoms with E-state index in [0.717, 1.165) is 5.56 Å². The van der Waals surface area contributed by atoms with E-state index in [4.69, 9.17) is 5.11 Å². The van der Waals surface area contributed by atoms with Gasteiger partial charge in [0, 0.05) is 52.6 Å². The van der Waals surface area contributed by atoms with E-state index in [-0.39, 0.29) is 36.5 Å². The monoisotopic (exact) mass is 706 g/mol. The van der Waals surface area contributed by atoms with Gasteiger partial charge in [-0.15, -0.1) is 0 Å². The van der Waals surface area contributed by atoms with Gasteiger partial charge >= 0.3 is 12.4 Å². The highest BCUT2D eigenvalue weighted by Crippen LogP contribution is 2.32. The molecule has 50 heavy (non-hydrogen) atoms. The predicted octanol–water partition coefficient (Wildman–Crippen LogP) is 4.60. The molecular formula is C33H29F7N6O4. The molecule has 0 unspecified atom stereocenters. The van der Waals surface area contributed by atoms with E-state index in [1.807, 2.05) is 4.90 Å². The first-order chi connectivity index (χ1) is 23.6. The van der Waals surface area contributed by atoms with E-state index in [0.29, 0.717) is 55.1 Å². The van der Waals surface area contributed by atoms with Crippen LogP contribution in [0.15, 0.2) is 58.5 Å². The molecule has 0 aliphatic carbocycles. The summed E-state index contributed by atoms with van der Waals surface area (Å²) in [5, 5.41) is 11.3. The summed E-state index contributed by atoms with van der Waals surface area (Å²) in [6.45, 7) is 2.66. The number of hydrogen-bond acceptors (Lipinski definition) is 9. The van der Waals surface area contributed by atoms with Crippen LogP contribution in [0.3, 0.4) is 0 Å². The number of pyridine rings is 1. The van der Waals surface area contributed by atoms with Gasteiger partial charge in [0.2, 0.25) is 5.95 Å². The number of anilines is 1. The number of Topliss-reactive ketones (excluding diaryl/α,β-unsaturated/α-hetero) is 2. The third kappa shape index (κ3) is 8.22. The van der Waals surface area contributed by atoms with Gasteiger partial charge in [0.25, 0.3) is 5.91 Å². The summed E-state index contributed by atoms with van der Waals surface area (Å²) in [5.41, 5.74) is 0.218. The number of amides is 1.